The molecule has 0 spiro atoms. The van der Waals surface area contributed by atoms with Crippen LogP contribution in [0.25, 0.3) is 0 Å². The third-order valence-corrected chi connectivity index (χ3v) is 5.80. The molecular formula is C15H23N3OS. The minimum absolute atomic E-state index is 0.158. The van der Waals surface area contributed by atoms with Crippen LogP contribution >= 0.6 is 11.3 Å². The maximum absolute atomic E-state index is 9.50. The zero-order valence-corrected chi connectivity index (χ0v) is 12.7. The minimum atomic E-state index is 0.158. The van der Waals surface area contributed by atoms with Gasteiger partial charge in [0.25, 0.3) is 0 Å². The molecule has 2 aliphatic carbocycles. The molecule has 0 radical (unpaired) electrons. The van der Waals surface area contributed by atoms with E-state index in [0.717, 1.165) is 29.0 Å². The lowest BCUT2D eigenvalue weighted by Gasteiger charge is -2.34. The molecule has 1 N–H and O–H groups in total. The predicted octanol–water partition coefficient (Wildman–Crippen LogP) is 2.04. The summed E-state index contributed by atoms with van der Waals surface area (Å²) in [4.78, 5) is 11.0. The number of aromatic nitrogens is 1. The molecule has 1 aromatic rings. The Bertz CT molecular complexity index is 473. The van der Waals surface area contributed by atoms with Crippen molar-refractivity contribution < 1.29 is 5.11 Å². The molecule has 2 heterocycles. The standard InChI is InChI=1S/C15H23N3OS/c19-10-13-14(12-3-4-12)16-15(20-13)18-7-5-17(6-8-18)9-11-1-2-11/h11-12,19H,1-10H2. The van der Waals surface area contributed by atoms with Crippen molar-refractivity contribution in [1.82, 2.24) is 9.88 Å². The number of hydrogen-bond donors (Lipinski definition) is 1. The third kappa shape index (κ3) is 2.71. The quantitative estimate of drug-likeness (QED) is 0.902. The molecule has 2 saturated carbocycles. The fourth-order valence-corrected chi connectivity index (χ4v) is 4.12. The first-order chi connectivity index (χ1) is 9.83. The molecule has 0 amide bonds. The average Bonchev–Trinajstić information content (AvgIpc) is 3.40. The smallest absolute Gasteiger partial charge is 0.185 e. The monoisotopic (exact) mass is 293 g/mol. The van der Waals surface area contributed by atoms with Crippen LogP contribution in [-0.2, 0) is 6.61 Å². The van der Waals surface area contributed by atoms with Crippen molar-refractivity contribution in [3.05, 3.63) is 10.6 Å². The first-order valence-electron chi connectivity index (χ1n) is 7.91. The van der Waals surface area contributed by atoms with Crippen LogP contribution in [0.2, 0.25) is 0 Å². The third-order valence-electron chi connectivity index (χ3n) is 4.68. The van der Waals surface area contributed by atoms with Gasteiger partial charge >= 0.3 is 0 Å². The zero-order chi connectivity index (χ0) is 13.5. The van der Waals surface area contributed by atoms with E-state index in [-0.39, 0.29) is 6.61 Å². The lowest BCUT2D eigenvalue weighted by Crippen LogP contribution is -2.47. The Morgan fingerprint density at radius 3 is 2.45 bits per heavy atom. The van der Waals surface area contributed by atoms with E-state index in [1.54, 1.807) is 11.3 Å². The highest BCUT2D eigenvalue weighted by atomic mass is 32.1. The summed E-state index contributed by atoms with van der Waals surface area (Å²) in [5.41, 5.74) is 1.19. The fourth-order valence-electron chi connectivity index (χ4n) is 3.06. The second-order valence-electron chi connectivity index (χ2n) is 6.47. The molecule has 3 aliphatic rings. The molecule has 0 atom stereocenters. The van der Waals surface area contributed by atoms with Gasteiger partial charge in [-0.15, -0.1) is 0 Å². The van der Waals surface area contributed by atoms with Crippen molar-refractivity contribution >= 4 is 16.5 Å². The summed E-state index contributed by atoms with van der Waals surface area (Å²) >= 11 is 1.71. The molecule has 1 aliphatic heterocycles. The summed E-state index contributed by atoms with van der Waals surface area (Å²) in [5, 5.41) is 10.6. The van der Waals surface area contributed by atoms with Gasteiger partial charge in [-0.05, 0) is 31.6 Å². The molecule has 5 heteroatoms. The van der Waals surface area contributed by atoms with Crippen LogP contribution in [0, 0.1) is 5.92 Å². The normalized spacial score (nSPS) is 24.4. The van der Waals surface area contributed by atoms with E-state index in [2.05, 4.69) is 9.80 Å². The van der Waals surface area contributed by atoms with Gasteiger partial charge in [-0.2, -0.15) is 0 Å². The van der Waals surface area contributed by atoms with Crippen LogP contribution < -0.4 is 4.90 Å². The Balaban J connectivity index is 1.40. The van der Waals surface area contributed by atoms with Gasteiger partial charge in [0, 0.05) is 38.6 Å². The van der Waals surface area contributed by atoms with Crippen molar-refractivity contribution in [3.8, 4) is 0 Å². The molecular weight excluding hydrogens is 270 g/mol. The molecule has 0 aromatic carbocycles. The van der Waals surface area contributed by atoms with Crippen LogP contribution in [0.1, 0.15) is 42.2 Å². The van der Waals surface area contributed by atoms with Crippen LogP contribution in [0.5, 0.6) is 0 Å². The number of hydrogen-bond acceptors (Lipinski definition) is 5. The highest BCUT2D eigenvalue weighted by molar-refractivity contribution is 7.15. The van der Waals surface area contributed by atoms with Crippen molar-refractivity contribution in [2.75, 3.05) is 37.6 Å². The summed E-state index contributed by atoms with van der Waals surface area (Å²) in [5.74, 6) is 1.63. The lowest BCUT2D eigenvalue weighted by atomic mass is 10.2. The van der Waals surface area contributed by atoms with E-state index in [4.69, 9.17) is 4.98 Å². The number of thiazole rings is 1. The number of aliphatic hydroxyl groups excluding tert-OH is 1. The van der Waals surface area contributed by atoms with Crippen LogP contribution in [0.15, 0.2) is 0 Å². The van der Waals surface area contributed by atoms with E-state index in [1.165, 1.54) is 51.0 Å². The highest BCUT2D eigenvalue weighted by Gasteiger charge is 2.31. The molecule has 1 saturated heterocycles. The fraction of sp³-hybridized carbons (Fsp3) is 0.800. The molecule has 0 bridgehead atoms. The largest absolute Gasteiger partial charge is 0.391 e. The topological polar surface area (TPSA) is 39.6 Å². The second-order valence-corrected chi connectivity index (χ2v) is 7.53. The second kappa shape index (κ2) is 5.28. The maximum Gasteiger partial charge on any atom is 0.185 e. The van der Waals surface area contributed by atoms with Gasteiger partial charge < -0.3 is 10.0 Å². The average molecular weight is 293 g/mol. The molecule has 0 unspecified atom stereocenters. The number of rotatable bonds is 5. The van der Waals surface area contributed by atoms with Gasteiger partial charge in [0.2, 0.25) is 0 Å². The van der Waals surface area contributed by atoms with Crippen molar-refractivity contribution in [1.29, 1.82) is 0 Å². The van der Waals surface area contributed by atoms with Crippen LogP contribution in [-0.4, -0.2) is 47.7 Å². The Kier molecular flexibility index (Phi) is 3.44. The van der Waals surface area contributed by atoms with Crippen LogP contribution in [0.3, 0.4) is 0 Å². The Morgan fingerprint density at radius 1 is 1.10 bits per heavy atom. The van der Waals surface area contributed by atoms with E-state index in [0.29, 0.717) is 5.92 Å². The van der Waals surface area contributed by atoms with Gasteiger partial charge in [0.15, 0.2) is 5.13 Å². The van der Waals surface area contributed by atoms with E-state index in [1.807, 2.05) is 0 Å². The summed E-state index contributed by atoms with van der Waals surface area (Å²) in [7, 11) is 0. The van der Waals surface area contributed by atoms with Crippen molar-refractivity contribution in [2.45, 2.75) is 38.2 Å². The van der Waals surface area contributed by atoms with Gasteiger partial charge in [0.1, 0.15) is 0 Å². The number of aliphatic hydroxyl groups is 1. The number of nitrogens with zero attached hydrogens (tertiary/aromatic N) is 3. The summed E-state index contributed by atoms with van der Waals surface area (Å²) in [6.07, 6.45) is 5.39. The predicted molar refractivity (Wildman–Crippen MR) is 81.4 cm³/mol. The van der Waals surface area contributed by atoms with E-state index in [9.17, 15) is 5.11 Å². The van der Waals surface area contributed by atoms with E-state index >= 15 is 0 Å². The molecule has 4 nitrogen and oxygen atoms in total. The molecule has 3 fully saturated rings. The molecule has 110 valence electrons. The summed E-state index contributed by atoms with van der Waals surface area (Å²) < 4.78 is 0. The first-order valence-corrected chi connectivity index (χ1v) is 8.73. The first kappa shape index (κ1) is 13.0. The Labute approximate surface area is 124 Å². The Morgan fingerprint density at radius 2 is 1.85 bits per heavy atom. The molecule has 1 aromatic heterocycles. The number of piperazine rings is 1. The lowest BCUT2D eigenvalue weighted by molar-refractivity contribution is 0.248. The maximum atomic E-state index is 9.50. The van der Waals surface area contributed by atoms with Crippen LogP contribution in [0.4, 0.5) is 5.13 Å². The Hall–Kier alpha value is -0.650. The van der Waals surface area contributed by atoms with Gasteiger partial charge in [-0.3, -0.25) is 4.90 Å². The van der Waals surface area contributed by atoms with Crippen molar-refractivity contribution in [2.24, 2.45) is 5.92 Å². The van der Waals surface area contributed by atoms with Gasteiger partial charge in [-0.25, -0.2) is 4.98 Å². The minimum Gasteiger partial charge on any atom is -0.391 e. The summed E-state index contributed by atoms with van der Waals surface area (Å²) in [6, 6.07) is 0. The zero-order valence-electron chi connectivity index (χ0n) is 11.9. The SMILES string of the molecule is OCc1sc(N2CCN(CC3CC3)CC2)nc1C1CC1. The highest BCUT2D eigenvalue weighted by Crippen LogP contribution is 2.44. The summed E-state index contributed by atoms with van der Waals surface area (Å²) in [6.45, 7) is 5.99. The number of anilines is 1. The van der Waals surface area contributed by atoms with E-state index < -0.39 is 0 Å². The van der Waals surface area contributed by atoms with Gasteiger partial charge in [0.05, 0.1) is 17.2 Å². The molecule has 20 heavy (non-hydrogen) atoms. The van der Waals surface area contributed by atoms with Crippen molar-refractivity contribution in [3.63, 3.8) is 0 Å². The molecule has 4 rings (SSSR count). The van der Waals surface area contributed by atoms with Gasteiger partial charge in [-0.1, -0.05) is 11.3 Å².